The third-order valence-electron chi connectivity index (χ3n) is 4.65. The van der Waals surface area contributed by atoms with Crippen LogP contribution in [0.15, 0.2) is 24.3 Å². The van der Waals surface area contributed by atoms with Crippen molar-refractivity contribution in [2.24, 2.45) is 5.92 Å². The van der Waals surface area contributed by atoms with Crippen LogP contribution in [0.5, 0.6) is 5.75 Å². The first-order valence-electron chi connectivity index (χ1n) is 11.5. The highest BCUT2D eigenvalue weighted by Gasteiger charge is 2.38. The standard InChI is InChI=1S/C25H41N3O5/c1-15(2)13-20(27-24(32)33-25(7,8)9)23(31)28(17(5)6)21(22(30)26-16(3)4)18-11-10-12-19(29)14-18/h10-12,14-17,20-21,29H,13H2,1-9H3,(H,26,30)(H,27,32). The highest BCUT2D eigenvalue weighted by atomic mass is 16.6. The molecule has 33 heavy (non-hydrogen) atoms. The Balaban J connectivity index is 3.44. The molecule has 0 saturated heterocycles. The Morgan fingerprint density at radius 3 is 2.09 bits per heavy atom. The number of phenols is 1. The molecule has 0 aliphatic carbocycles. The Hall–Kier alpha value is -2.77. The number of nitrogens with one attached hydrogen (secondary N) is 2. The average Bonchev–Trinajstić information content (AvgIpc) is 2.61. The van der Waals surface area contributed by atoms with Crippen LogP contribution in [-0.2, 0) is 14.3 Å². The fraction of sp³-hybridized carbons (Fsp3) is 0.640. The summed E-state index contributed by atoms with van der Waals surface area (Å²) in [7, 11) is 0. The zero-order valence-corrected chi connectivity index (χ0v) is 21.4. The first-order valence-corrected chi connectivity index (χ1v) is 11.5. The van der Waals surface area contributed by atoms with Gasteiger partial charge in [-0.05, 0) is 78.5 Å². The second-order valence-electron chi connectivity index (χ2n) is 10.3. The predicted octanol–water partition coefficient (Wildman–Crippen LogP) is 4.13. The number of amides is 3. The Kier molecular flexibility index (Phi) is 10.2. The van der Waals surface area contributed by atoms with Crippen LogP contribution in [0.4, 0.5) is 4.79 Å². The largest absolute Gasteiger partial charge is 0.508 e. The minimum Gasteiger partial charge on any atom is -0.508 e. The first-order chi connectivity index (χ1) is 15.1. The smallest absolute Gasteiger partial charge is 0.408 e. The van der Waals surface area contributed by atoms with Gasteiger partial charge in [0.25, 0.3) is 0 Å². The molecule has 0 heterocycles. The molecule has 1 aromatic rings. The molecule has 1 aromatic carbocycles. The van der Waals surface area contributed by atoms with E-state index in [0.29, 0.717) is 12.0 Å². The molecule has 0 aliphatic rings. The molecule has 2 atom stereocenters. The molecule has 1 rings (SSSR count). The summed E-state index contributed by atoms with van der Waals surface area (Å²) in [5.74, 6) is -0.654. The van der Waals surface area contributed by atoms with Gasteiger partial charge >= 0.3 is 6.09 Å². The molecule has 186 valence electrons. The molecule has 3 N–H and O–H groups in total. The number of benzene rings is 1. The second-order valence-corrected chi connectivity index (χ2v) is 10.3. The van der Waals surface area contributed by atoms with Crippen LogP contribution in [0.2, 0.25) is 0 Å². The lowest BCUT2D eigenvalue weighted by molar-refractivity contribution is -0.145. The Morgan fingerprint density at radius 1 is 1.03 bits per heavy atom. The molecule has 0 radical (unpaired) electrons. The van der Waals surface area contributed by atoms with Gasteiger partial charge in [-0.3, -0.25) is 9.59 Å². The summed E-state index contributed by atoms with van der Waals surface area (Å²) in [5, 5.41) is 15.6. The molecular weight excluding hydrogens is 422 g/mol. The molecule has 3 amide bonds. The first kappa shape index (κ1) is 28.3. The molecule has 0 aliphatic heterocycles. The van der Waals surface area contributed by atoms with Gasteiger partial charge in [0.05, 0.1) is 0 Å². The number of nitrogens with zero attached hydrogens (tertiary/aromatic N) is 1. The van der Waals surface area contributed by atoms with E-state index in [-0.39, 0.29) is 29.7 Å². The molecule has 0 spiro atoms. The van der Waals surface area contributed by atoms with Crippen molar-refractivity contribution < 1.29 is 24.2 Å². The normalized spacial score (nSPS) is 13.6. The maximum absolute atomic E-state index is 13.8. The Bertz CT molecular complexity index is 815. The van der Waals surface area contributed by atoms with Gasteiger partial charge in [-0.25, -0.2) is 4.79 Å². The Morgan fingerprint density at radius 2 is 1.64 bits per heavy atom. The maximum Gasteiger partial charge on any atom is 0.408 e. The summed E-state index contributed by atoms with van der Waals surface area (Å²) in [5.41, 5.74) is -0.232. The quantitative estimate of drug-likeness (QED) is 0.510. The zero-order chi connectivity index (χ0) is 25.5. The highest BCUT2D eigenvalue weighted by molar-refractivity contribution is 5.92. The molecule has 0 saturated carbocycles. The molecule has 2 unspecified atom stereocenters. The lowest BCUT2D eigenvalue weighted by Crippen LogP contribution is -2.55. The summed E-state index contributed by atoms with van der Waals surface area (Å²) in [6.45, 7) is 16.5. The van der Waals surface area contributed by atoms with Crippen LogP contribution in [0.1, 0.15) is 80.3 Å². The molecule has 0 fully saturated rings. The molecule has 0 bridgehead atoms. The number of carbonyl (C=O) groups is 3. The van der Waals surface area contributed by atoms with Crippen molar-refractivity contribution in [2.75, 3.05) is 0 Å². The second kappa shape index (κ2) is 11.9. The van der Waals surface area contributed by atoms with Crippen molar-refractivity contribution in [3.05, 3.63) is 29.8 Å². The van der Waals surface area contributed by atoms with Crippen LogP contribution < -0.4 is 10.6 Å². The van der Waals surface area contributed by atoms with Crippen LogP contribution in [-0.4, -0.2) is 51.6 Å². The van der Waals surface area contributed by atoms with E-state index in [1.807, 2.05) is 41.5 Å². The SMILES string of the molecule is CC(C)CC(NC(=O)OC(C)(C)C)C(=O)N(C(C)C)C(C(=O)NC(C)C)c1cccc(O)c1. The molecule has 0 aromatic heterocycles. The lowest BCUT2D eigenvalue weighted by Gasteiger charge is -2.37. The third kappa shape index (κ3) is 9.32. The van der Waals surface area contributed by atoms with E-state index in [9.17, 15) is 19.5 Å². The van der Waals surface area contributed by atoms with Crippen molar-refractivity contribution in [1.29, 1.82) is 0 Å². The van der Waals surface area contributed by atoms with E-state index < -0.39 is 29.7 Å². The lowest BCUT2D eigenvalue weighted by atomic mass is 9.97. The monoisotopic (exact) mass is 463 g/mol. The Labute approximate surface area is 198 Å². The van der Waals surface area contributed by atoms with Gasteiger partial charge in [0, 0.05) is 12.1 Å². The molecule has 8 heteroatoms. The number of hydrogen-bond acceptors (Lipinski definition) is 5. The van der Waals surface area contributed by atoms with E-state index in [0.717, 1.165) is 0 Å². The number of aromatic hydroxyl groups is 1. The van der Waals surface area contributed by atoms with Gasteiger partial charge in [0.15, 0.2) is 0 Å². The van der Waals surface area contributed by atoms with Gasteiger partial charge < -0.3 is 25.4 Å². The summed E-state index contributed by atoms with van der Waals surface area (Å²) in [4.78, 5) is 41.1. The van der Waals surface area contributed by atoms with E-state index >= 15 is 0 Å². The van der Waals surface area contributed by atoms with Crippen molar-refractivity contribution in [2.45, 2.75) is 98.5 Å². The number of carbonyl (C=O) groups excluding carboxylic acids is 3. The van der Waals surface area contributed by atoms with Gasteiger partial charge in [-0.2, -0.15) is 0 Å². The van der Waals surface area contributed by atoms with E-state index in [4.69, 9.17) is 4.74 Å². The molecule has 8 nitrogen and oxygen atoms in total. The fourth-order valence-electron chi connectivity index (χ4n) is 3.50. The number of alkyl carbamates (subject to hydrolysis) is 1. The van der Waals surface area contributed by atoms with Crippen LogP contribution in [0, 0.1) is 5.92 Å². The average molecular weight is 464 g/mol. The summed E-state index contributed by atoms with van der Waals surface area (Å²) < 4.78 is 5.37. The summed E-state index contributed by atoms with van der Waals surface area (Å²) >= 11 is 0. The van der Waals surface area contributed by atoms with Crippen molar-refractivity contribution in [3.8, 4) is 5.75 Å². The topological polar surface area (TPSA) is 108 Å². The van der Waals surface area contributed by atoms with Crippen LogP contribution in [0.3, 0.4) is 0 Å². The van der Waals surface area contributed by atoms with E-state index in [1.54, 1.807) is 32.9 Å². The maximum atomic E-state index is 13.8. The van der Waals surface area contributed by atoms with Gasteiger partial charge in [-0.15, -0.1) is 0 Å². The molecular formula is C25H41N3O5. The third-order valence-corrected chi connectivity index (χ3v) is 4.65. The van der Waals surface area contributed by atoms with E-state index in [1.165, 1.54) is 17.0 Å². The van der Waals surface area contributed by atoms with Crippen molar-refractivity contribution in [1.82, 2.24) is 15.5 Å². The van der Waals surface area contributed by atoms with Crippen molar-refractivity contribution >= 4 is 17.9 Å². The summed E-state index contributed by atoms with van der Waals surface area (Å²) in [6.07, 6.45) is -0.314. The number of rotatable bonds is 9. The van der Waals surface area contributed by atoms with Gasteiger partial charge in [0.2, 0.25) is 11.8 Å². The minimum absolute atomic E-state index is 0.00314. The fourth-order valence-corrected chi connectivity index (χ4v) is 3.50. The predicted molar refractivity (Wildman–Crippen MR) is 129 cm³/mol. The number of hydrogen-bond donors (Lipinski definition) is 3. The van der Waals surface area contributed by atoms with Crippen LogP contribution in [0.25, 0.3) is 0 Å². The highest BCUT2D eigenvalue weighted by Crippen LogP contribution is 2.28. The number of ether oxygens (including phenoxy) is 1. The summed E-state index contributed by atoms with van der Waals surface area (Å²) in [6, 6.07) is 3.95. The zero-order valence-electron chi connectivity index (χ0n) is 21.4. The minimum atomic E-state index is -0.984. The van der Waals surface area contributed by atoms with E-state index in [2.05, 4.69) is 10.6 Å². The van der Waals surface area contributed by atoms with Gasteiger partial charge in [0.1, 0.15) is 23.4 Å². The van der Waals surface area contributed by atoms with Gasteiger partial charge in [-0.1, -0.05) is 26.0 Å². The number of phenolic OH excluding ortho intramolecular Hbond substituents is 1. The van der Waals surface area contributed by atoms with Crippen LogP contribution >= 0.6 is 0 Å². The van der Waals surface area contributed by atoms with Crippen molar-refractivity contribution in [3.63, 3.8) is 0 Å².